The number of alkyl carbamates (subject to hydrolysis) is 1. The summed E-state index contributed by atoms with van der Waals surface area (Å²) >= 11 is 0. The zero-order valence-corrected chi connectivity index (χ0v) is 10.6. The summed E-state index contributed by atoms with van der Waals surface area (Å²) in [7, 11) is 0. The van der Waals surface area contributed by atoms with Gasteiger partial charge in [0.25, 0.3) is 0 Å². The van der Waals surface area contributed by atoms with Gasteiger partial charge in [0, 0.05) is 6.04 Å². The Morgan fingerprint density at radius 1 is 1.38 bits per heavy atom. The standard InChI is InChI=1S/C12H23NO3/c1-8-7-9(5-6-10(8)14)13-11(15)16-12(2,3)4/h8-10,14H,5-7H2,1-4H3,(H,13,15)/t8-,9-,10-/m1/s1. The molecule has 3 atom stereocenters. The van der Waals surface area contributed by atoms with Crippen LogP contribution < -0.4 is 5.32 Å². The topological polar surface area (TPSA) is 58.6 Å². The Balaban J connectivity index is 2.35. The van der Waals surface area contributed by atoms with Gasteiger partial charge in [0.05, 0.1) is 6.10 Å². The van der Waals surface area contributed by atoms with Gasteiger partial charge in [-0.25, -0.2) is 4.79 Å². The van der Waals surface area contributed by atoms with E-state index in [0.717, 1.165) is 19.3 Å². The first-order chi connectivity index (χ1) is 7.28. The quantitative estimate of drug-likeness (QED) is 0.723. The Hall–Kier alpha value is -0.770. The van der Waals surface area contributed by atoms with E-state index in [1.807, 2.05) is 27.7 Å². The number of nitrogens with one attached hydrogen (secondary N) is 1. The lowest BCUT2D eigenvalue weighted by Crippen LogP contribution is -2.43. The Morgan fingerprint density at radius 2 is 2.00 bits per heavy atom. The van der Waals surface area contributed by atoms with E-state index in [-0.39, 0.29) is 24.2 Å². The van der Waals surface area contributed by atoms with Crippen molar-refractivity contribution in [3.8, 4) is 0 Å². The summed E-state index contributed by atoms with van der Waals surface area (Å²) in [4.78, 5) is 11.5. The number of aliphatic hydroxyl groups excluding tert-OH is 1. The normalized spacial score (nSPS) is 30.9. The number of rotatable bonds is 1. The first-order valence-corrected chi connectivity index (χ1v) is 5.95. The van der Waals surface area contributed by atoms with Crippen molar-refractivity contribution in [1.29, 1.82) is 0 Å². The Kier molecular flexibility index (Phi) is 4.19. The molecule has 0 aromatic heterocycles. The second kappa shape index (κ2) is 5.04. The second-order valence-electron chi connectivity index (χ2n) is 5.70. The molecular weight excluding hydrogens is 206 g/mol. The molecule has 0 aromatic rings. The predicted octanol–water partition coefficient (Wildman–Crippen LogP) is 2.06. The van der Waals surface area contributed by atoms with Crippen LogP contribution in [0.5, 0.6) is 0 Å². The van der Waals surface area contributed by atoms with Gasteiger partial charge < -0.3 is 15.2 Å². The highest BCUT2D eigenvalue weighted by molar-refractivity contribution is 5.68. The Bertz CT molecular complexity index is 247. The molecule has 0 heterocycles. The van der Waals surface area contributed by atoms with Crippen LogP contribution in [0.1, 0.15) is 47.0 Å². The van der Waals surface area contributed by atoms with Crippen molar-refractivity contribution in [2.24, 2.45) is 5.92 Å². The molecule has 1 fully saturated rings. The first kappa shape index (κ1) is 13.3. The fourth-order valence-corrected chi connectivity index (χ4v) is 1.99. The zero-order chi connectivity index (χ0) is 12.3. The van der Waals surface area contributed by atoms with Crippen molar-refractivity contribution < 1.29 is 14.6 Å². The summed E-state index contributed by atoms with van der Waals surface area (Å²) in [5.41, 5.74) is -0.454. The number of hydrogen-bond acceptors (Lipinski definition) is 3. The van der Waals surface area contributed by atoms with Crippen molar-refractivity contribution in [2.45, 2.75) is 64.7 Å². The van der Waals surface area contributed by atoms with Crippen molar-refractivity contribution in [2.75, 3.05) is 0 Å². The summed E-state index contributed by atoms with van der Waals surface area (Å²) in [6.07, 6.45) is 1.81. The Morgan fingerprint density at radius 3 is 2.50 bits per heavy atom. The fraction of sp³-hybridized carbons (Fsp3) is 0.917. The van der Waals surface area contributed by atoms with Gasteiger partial charge in [0.1, 0.15) is 5.60 Å². The van der Waals surface area contributed by atoms with Crippen LogP contribution in [0.2, 0.25) is 0 Å². The van der Waals surface area contributed by atoms with E-state index in [4.69, 9.17) is 4.74 Å². The maximum absolute atomic E-state index is 11.5. The fourth-order valence-electron chi connectivity index (χ4n) is 1.99. The molecule has 0 aromatic carbocycles. The third-order valence-electron chi connectivity index (χ3n) is 2.84. The Labute approximate surface area is 97.4 Å². The number of aliphatic hydroxyl groups is 1. The molecule has 4 nitrogen and oxygen atoms in total. The van der Waals surface area contributed by atoms with Gasteiger partial charge in [0.2, 0.25) is 0 Å². The molecule has 1 rings (SSSR count). The van der Waals surface area contributed by atoms with E-state index < -0.39 is 5.60 Å². The number of carbonyl (C=O) groups is 1. The molecule has 0 unspecified atom stereocenters. The van der Waals surface area contributed by atoms with Gasteiger partial charge >= 0.3 is 6.09 Å². The van der Waals surface area contributed by atoms with Crippen LogP contribution in [0.25, 0.3) is 0 Å². The minimum Gasteiger partial charge on any atom is -0.444 e. The van der Waals surface area contributed by atoms with Crippen molar-refractivity contribution in [3.63, 3.8) is 0 Å². The van der Waals surface area contributed by atoms with E-state index in [1.165, 1.54) is 0 Å². The van der Waals surface area contributed by atoms with Gasteiger partial charge in [0.15, 0.2) is 0 Å². The van der Waals surface area contributed by atoms with Crippen LogP contribution in [-0.4, -0.2) is 28.9 Å². The maximum Gasteiger partial charge on any atom is 0.407 e. The minimum absolute atomic E-state index is 0.133. The average Bonchev–Trinajstić information content (AvgIpc) is 2.08. The second-order valence-corrected chi connectivity index (χ2v) is 5.70. The molecular formula is C12H23NO3. The molecule has 1 saturated carbocycles. The molecule has 16 heavy (non-hydrogen) atoms. The van der Waals surface area contributed by atoms with Gasteiger partial charge in [-0.15, -0.1) is 0 Å². The lowest BCUT2D eigenvalue weighted by Gasteiger charge is -2.32. The number of carbonyl (C=O) groups excluding carboxylic acids is 1. The molecule has 0 radical (unpaired) electrons. The summed E-state index contributed by atoms with van der Waals surface area (Å²) in [6, 6.07) is 0.133. The maximum atomic E-state index is 11.5. The molecule has 1 amide bonds. The lowest BCUT2D eigenvalue weighted by molar-refractivity contribution is 0.0382. The van der Waals surface area contributed by atoms with Gasteiger partial charge in [-0.2, -0.15) is 0 Å². The van der Waals surface area contributed by atoms with Crippen molar-refractivity contribution in [1.82, 2.24) is 5.32 Å². The highest BCUT2D eigenvalue weighted by atomic mass is 16.6. The van der Waals surface area contributed by atoms with E-state index >= 15 is 0 Å². The first-order valence-electron chi connectivity index (χ1n) is 5.95. The predicted molar refractivity (Wildman–Crippen MR) is 62.2 cm³/mol. The van der Waals surface area contributed by atoms with Gasteiger partial charge in [-0.05, 0) is 46.0 Å². The molecule has 0 aliphatic heterocycles. The molecule has 1 aliphatic rings. The SMILES string of the molecule is C[C@@H]1C[C@H](NC(=O)OC(C)(C)C)CC[C@H]1O. The zero-order valence-electron chi connectivity index (χ0n) is 10.6. The van der Waals surface area contributed by atoms with Gasteiger partial charge in [-0.1, -0.05) is 6.92 Å². The van der Waals surface area contributed by atoms with E-state index in [1.54, 1.807) is 0 Å². The van der Waals surface area contributed by atoms with Crippen LogP contribution in [-0.2, 0) is 4.74 Å². The van der Waals surface area contributed by atoms with Gasteiger partial charge in [-0.3, -0.25) is 0 Å². The van der Waals surface area contributed by atoms with Crippen LogP contribution in [0.4, 0.5) is 4.79 Å². The molecule has 2 N–H and O–H groups in total. The van der Waals surface area contributed by atoms with Crippen molar-refractivity contribution in [3.05, 3.63) is 0 Å². The number of hydrogen-bond donors (Lipinski definition) is 2. The van der Waals surface area contributed by atoms with E-state index in [2.05, 4.69) is 5.32 Å². The molecule has 1 aliphatic carbocycles. The molecule has 4 heteroatoms. The summed E-state index contributed by atoms with van der Waals surface area (Å²) in [5, 5.41) is 12.4. The molecule has 0 spiro atoms. The van der Waals surface area contributed by atoms with Crippen LogP contribution >= 0.6 is 0 Å². The highest BCUT2D eigenvalue weighted by Crippen LogP contribution is 2.24. The van der Waals surface area contributed by atoms with Crippen LogP contribution in [0.3, 0.4) is 0 Å². The third kappa shape index (κ3) is 4.39. The molecule has 0 bridgehead atoms. The summed E-state index contributed by atoms with van der Waals surface area (Å²) < 4.78 is 5.19. The van der Waals surface area contributed by atoms with Crippen molar-refractivity contribution >= 4 is 6.09 Å². The summed E-state index contributed by atoms with van der Waals surface area (Å²) in [6.45, 7) is 7.55. The third-order valence-corrected chi connectivity index (χ3v) is 2.84. The minimum atomic E-state index is -0.454. The monoisotopic (exact) mass is 229 g/mol. The largest absolute Gasteiger partial charge is 0.444 e. The number of ether oxygens (including phenoxy) is 1. The van der Waals surface area contributed by atoms with Crippen LogP contribution in [0.15, 0.2) is 0 Å². The molecule has 94 valence electrons. The highest BCUT2D eigenvalue weighted by Gasteiger charge is 2.28. The number of amides is 1. The molecule has 0 saturated heterocycles. The summed E-state index contributed by atoms with van der Waals surface area (Å²) in [5.74, 6) is 0.244. The lowest BCUT2D eigenvalue weighted by atomic mass is 9.85. The van der Waals surface area contributed by atoms with E-state index in [9.17, 15) is 9.90 Å². The van der Waals surface area contributed by atoms with Crippen LogP contribution in [0, 0.1) is 5.92 Å². The smallest absolute Gasteiger partial charge is 0.407 e. The van der Waals surface area contributed by atoms with E-state index in [0.29, 0.717) is 0 Å². The average molecular weight is 229 g/mol.